The van der Waals surface area contributed by atoms with Crippen molar-refractivity contribution in [3.63, 3.8) is 0 Å². The van der Waals surface area contributed by atoms with Gasteiger partial charge in [0.15, 0.2) is 0 Å². The van der Waals surface area contributed by atoms with E-state index < -0.39 is 11.7 Å². The average Bonchev–Trinajstić information content (AvgIpc) is 2.47. The van der Waals surface area contributed by atoms with Crippen molar-refractivity contribution in [1.29, 1.82) is 0 Å². The molecule has 1 aromatic carbocycles. The van der Waals surface area contributed by atoms with Gasteiger partial charge in [-0.3, -0.25) is 0 Å². The van der Waals surface area contributed by atoms with Crippen LogP contribution in [0.5, 0.6) is 0 Å². The Labute approximate surface area is 128 Å². The molecule has 0 aromatic heterocycles. The smallest absolute Gasteiger partial charge is 0.309 e. The minimum absolute atomic E-state index is 0.0773. The van der Waals surface area contributed by atoms with Gasteiger partial charge in [0.2, 0.25) is 0 Å². The molecular weight excluding hydrogens is 297 g/mol. The van der Waals surface area contributed by atoms with Crippen LogP contribution < -0.4 is 5.32 Å². The second kappa shape index (κ2) is 7.51. The molecule has 2 rings (SSSR count). The third-order valence-corrected chi connectivity index (χ3v) is 4.64. The Balaban J connectivity index is 1.83. The molecule has 0 saturated carbocycles. The summed E-state index contributed by atoms with van der Waals surface area (Å²) < 4.78 is 38.1. The first-order valence-corrected chi connectivity index (χ1v) is 8.33. The summed E-state index contributed by atoms with van der Waals surface area (Å²) in [4.78, 5) is 2.39. The number of benzene rings is 1. The number of halogens is 3. The van der Waals surface area contributed by atoms with E-state index in [1.54, 1.807) is 6.07 Å². The maximum Gasteiger partial charge on any atom is 0.416 e. The highest BCUT2D eigenvalue weighted by Crippen LogP contribution is 2.30. The molecule has 1 fully saturated rings. The first-order chi connectivity index (χ1) is 9.97. The molecule has 118 valence electrons. The van der Waals surface area contributed by atoms with Gasteiger partial charge in [0.05, 0.1) is 5.56 Å². The van der Waals surface area contributed by atoms with E-state index in [0.717, 1.165) is 32.2 Å². The van der Waals surface area contributed by atoms with E-state index in [2.05, 4.69) is 10.2 Å². The van der Waals surface area contributed by atoms with Crippen LogP contribution in [0.1, 0.15) is 24.1 Å². The molecular formula is C15H21F3N2S. The van der Waals surface area contributed by atoms with Crippen molar-refractivity contribution >= 4 is 11.8 Å². The first kappa shape index (κ1) is 16.6. The number of rotatable bonds is 5. The average molecular weight is 318 g/mol. The zero-order chi connectivity index (χ0) is 15.3. The molecule has 0 amide bonds. The van der Waals surface area contributed by atoms with Crippen molar-refractivity contribution < 1.29 is 13.2 Å². The molecule has 1 saturated heterocycles. The summed E-state index contributed by atoms with van der Waals surface area (Å²) in [5.41, 5.74) is 0.0979. The zero-order valence-electron chi connectivity index (χ0n) is 12.1. The number of thioether (sulfide) groups is 1. The number of nitrogens with zero attached hydrogens (tertiary/aromatic N) is 1. The van der Waals surface area contributed by atoms with Gasteiger partial charge in [-0.25, -0.2) is 0 Å². The van der Waals surface area contributed by atoms with Crippen LogP contribution in [0, 0.1) is 0 Å². The van der Waals surface area contributed by atoms with Gasteiger partial charge in [0.1, 0.15) is 0 Å². The molecule has 1 atom stereocenters. The Morgan fingerprint density at radius 2 is 2.00 bits per heavy atom. The predicted octanol–water partition coefficient (Wildman–Crippen LogP) is 3.40. The SMILES string of the molecule is CC(NCCN1CCSCC1)c1cccc(C(F)(F)F)c1. The van der Waals surface area contributed by atoms with E-state index >= 15 is 0 Å². The normalized spacial score (nSPS) is 18.7. The molecule has 6 heteroatoms. The van der Waals surface area contributed by atoms with Gasteiger partial charge in [0, 0.05) is 43.7 Å². The maximum absolute atomic E-state index is 12.7. The summed E-state index contributed by atoms with van der Waals surface area (Å²) in [7, 11) is 0. The lowest BCUT2D eigenvalue weighted by Gasteiger charge is -2.27. The van der Waals surface area contributed by atoms with Gasteiger partial charge < -0.3 is 10.2 Å². The highest BCUT2D eigenvalue weighted by molar-refractivity contribution is 7.99. The van der Waals surface area contributed by atoms with Crippen molar-refractivity contribution in [1.82, 2.24) is 10.2 Å². The predicted molar refractivity (Wildman–Crippen MR) is 81.6 cm³/mol. The molecule has 0 spiro atoms. The molecule has 2 nitrogen and oxygen atoms in total. The van der Waals surface area contributed by atoms with E-state index in [9.17, 15) is 13.2 Å². The lowest BCUT2D eigenvalue weighted by atomic mass is 10.0. The van der Waals surface area contributed by atoms with Crippen molar-refractivity contribution in [2.75, 3.05) is 37.7 Å². The number of hydrogen-bond donors (Lipinski definition) is 1. The summed E-state index contributed by atoms with van der Waals surface area (Å²) >= 11 is 1.97. The molecule has 0 radical (unpaired) electrons. The number of alkyl halides is 3. The van der Waals surface area contributed by atoms with Gasteiger partial charge in [-0.2, -0.15) is 24.9 Å². The fourth-order valence-corrected chi connectivity index (χ4v) is 3.34. The Morgan fingerprint density at radius 1 is 1.29 bits per heavy atom. The van der Waals surface area contributed by atoms with E-state index in [1.165, 1.54) is 23.6 Å². The maximum atomic E-state index is 12.7. The van der Waals surface area contributed by atoms with E-state index in [1.807, 2.05) is 18.7 Å². The lowest BCUT2D eigenvalue weighted by molar-refractivity contribution is -0.137. The van der Waals surface area contributed by atoms with E-state index in [-0.39, 0.29) is 6.04 Å². The minimum Gasteiger partial charge on any atom is -0.309 e. The van der Waals surface area contributed by atoms with Gasteiger partial charge in [-0.15, -0.1) is 0 Å². The number of nitrogens with one attached hydrogen (secondary N) is 1. The Morgan fingerprint density at radius 3 is 2.67 bits per heavy atom. The second-order valence-corrected chi connectivity index (χ2v) is 6.48. The van der Waals surface area contributed by atoms with Crippen LogP contribution >= 0.6 is 11.8 Å². The molecule has 1 aliphatic heterocycles. The molecule has 1 N–H and O–H groups in total. The molecule has 0 bridgehead atoms. The summed E-state index contributed by atoms with van der Waals surface area (Å²) in [6.07, 6.45) is -4.28. The van der Waals surface area contributed by atoms with Crippen LogP contribution in [-0.2, 0) is 6.18 Å². The summed E-state index contributed by atoms with van der Waals surface area (Å²) in [5, 5.41) is 3.31. The number of hydrogen-bond acceptors (Lipinski definition) is 3. The molecule has 1 unspecified atom stereocenters. The minimum atomic E-state index is -4.28. The Hall–Kier alpha value is -0.720. The standard InChI is InChI=1S/C15H21F3N2S/c1-12(19-5-6-20-7-9-21-10-8-20)13-3-2-4-14(11-13)15(16,17)18/h2-4,11-12,19H,5-10H2,1H3. The fraction of sp³-hybridized carbons (Fsp3) is 0.600. The highest BCUT2D eigenvalue weighted by atomic mass is 32.2. The second-order valence-electron chi connectivity index (χ2n) is 5.25. The zero-order valence-corrected chi connectivity index (χ0v) is 12.9. The highest BCUT2D eigenvalue weighted by Gasteiger charge is 2.30. The van der Waals surface area contributed by atoms with Crippen molar-refractivity contribution in [2.45, 2.75) is 19.1 Å². The quantitative estimate of drug-likeness (QED) is 0.896. The largest absolute Gasteiger partial charge is 0.416 e. The van der Waals surface area contributed by atoms with Gasteiger partial charge in [0.25, 0.3) is 0 Å². The molecule has 1 aromatic rings. The van der Waals surface area contributed by atoms with Gasteiger partial charge in [-0.1, -0.05) is 12.1 Å². The lowest BCUT2D eigenvalue weighted by Crippen LogP contribution is -2.38. The van der Waals surface area contributed by atoms with Crippen LogP contribution in [0.4, 0.5) is 13.2 Å². The summed E-state index contributed by atoms with van der Waals surface area (Å²) in [6, 6.07) is 5.48. The van der Waals surface area contributed by atoms with Crippen LogP contribution in [0.3, 0.4) is 0 Å². The fourth-order valence-electron chi connectivity index (χ4n) is 2.37. The summed E-state index contributed by atoms with van der Waals surface area (Å²) in [5.74, 6) is 2.34. The molecule has 1 aliphatic rings. The van der Waals surface area contributed by atoms with E-state index in [0.29, 0.717) is 5.56 Å². The van der Waals surface area contributed by atoms with E-state index in [4.69, 9.17) is 0 Å². The molecule has 1 heterocycles. The van der Waals surface area contributed by atoms with Crippen molar-refractivity contribution in [3.8, 4) is 0 Å². The van der Waals surface area contributed by atoms with Crippen molar-refractivity contribution in [3.05, 3.63) is 35.4 Å². The van der Waals surface area contributed by atoms with Crippen LogP contribution in [0.2, 0.25) is 0 Å². The summed E-state index contributed by atoms with van der Waals surface area (Å²) in [6.45, 7) is 5.85. The molecule has 21 heavy (non-hydrogen) atoms. The third-order valence-electron chi connectivity index (χ3n) is 3.70. The monoisotopic (exact) mass is 318 g/mol. The van der Waals surface area contributed by atoms with Crippen molar-refractivity contribution in [2.24, 2.45) is 0 Å². The Bertz CT molecular complexity index is 445. The van der Waals surface area contributed by atoms with Gasteiger partial charge >= 0.3 is 6.18 Å². The van der Waals surface area contributed by atoms with Gasteiger partial charge in [-0.05, 0) is 24.6 Å². The van der Waals surface area contributed by atoms with Crippen LogP contribution in [-0.4, -0.2) is 42.6 Å². The Kier molecular flexibility index (Phi) is 5.96. The van der Waals surface area contributed by atoms with Crippen LogP contribution in [0.15, 0.2) is 24.3 Å². The topological polar surface area (TPSA) is 15.3 Å². The molecule has 0 aliphatic carbocycles. The first-order valence-electron chi connectivity index (χ1n) is 7.17. The van der Waals surface area contributed by atoms with Crippen LogP contribution in [0.25, 0.3) is 0 Å². The third kappa shape index (κ3) is 5.20.